The van der Waals surface area contributed by atoms with E-state index >= 15 is 0 Å². The first-order valence-corrected chi connectivity index (χ1v) is 9.58. The lowest BCUT2D eigenvalue weighted by Gasteiger charge is -2.55. The normalized spacial score (nSPS) is 32.6. The molecule has 128 valence electrons. The third kappa shape index (κ3) is 2.68. The molecular formula is C23H24O2. The Bertz CT molecular complexity index is 740. The molecule has 0 heterocycles. The number of rotatable bonds is 3. The van der Waals surface area contributed by atoms with Crippen LogP contribution in [0.2, 0.25) is 0 Å². The Morgan fingerprint density at radius 2 is 1.28 bits per heavy atom. The number of carbonyl (C=O) groups excluding carboxylic acids is 1. The Balaban J connectivity index is 1.33. The second-order valence-corrected chi connectivity index (χ2v) is 8.48. The van der Waals surface area contributed by atoms with Crippen LogP contribution in [0.25, 0.3) is 11.1 Å². The van der Waals surface area contributed by atoms with Crippen LogP contribution in [0.15, 0.2) is 54.6 Å². The fourth-order valence-electron chi connectivity index (χ4n) is 5.92. The smallest absolute Gasteiger partial charge is 0.317 e. The maximum atomic E-state index is 13.0. The van der Waals surface area contributed by atoms with Crippen LogP contribution in [0.5, 0.6) is 5.75 Å². The van der Waals surface area contributed by atoms with E-state index in [0.29, 0.717) is 5.75 Å². The minimum absolute atomic E-state index is 0.0269. The van der Waals surface area contributed by atoms with E-state index in [-0.39, 0.29) is 11.4 Å². The maximum absolute atomic E-state index is 13.0. The monoisotopic (exact) mass is 332 g/mol. The summed E-state index contributed by atoms with van der Waals surface area (Å²) in [5.74, 6) is 3.00. The summed E-state index contributed by atoms with van der Waals surface area (Å²) in [7, 11) is 0. The minimum Gasteiger partial charge on any atom is -0.426 e. The molecule has 4 bridgehead atoms. The summed E-state index contributed by atoms with van der Waals surface area (Å²) in [6, 6.07) is 18.2. The van der Waals surface area contributed by atoms with Gasteiger partial charge in [0.1, 0.15) is 5.75 Å². The van der Waals surface area contributed by atoms with Gasteiger partial charge in [-0.25, -0.2) is 0 Å². The molecule has 0 unspecified atom stereocenters. The number of carbonyl (C=O) groups is 1. The van der Waals surface area contributed by atoms with Crippen LogP contribution in [0, 0.1) is 23.2 Å². The molecule has 0 N–H and O–H groups in total. The van der Waals surface area contributed by atoms with Gasteiger partial charge in [-0.3, -0.25) is 4.79 Å². The van der Waals surface area contributed by atoms with Crippen molar-refractivity contribution >= 4 is 5.97 Å². The highest BCUT2D eigenvalue weighted by molar-refractivity contribution is 5.80. The zero-order valence-electron chi connectivity index (χ0n) is 14.5. The second kappa shape index (κ2) is 5.72. The van der Waals surface area contributed by atoms with Gasteiger partial charge in [-0.15, -0.1) is 0 Å². The van der Waals surface area contributed by atoms with Crippen molar-refractivity contribution in [3.05, 3.63) is 54.6 Å². The highest BCUT2D eigenvalue weighted by atomic mass is 16.5. The summed E-state index contributed by atoms with van der Waals surface area (Å²) >= 11 is 0. The summed E-state index contributed by atoms with van der Waals surface area (Å²) < 4.78 is 5.85. The average Bonchev–Trinajstić information content (AvgIpc) is 2.62. The molecule has 4 aliphatic carbocycles. The van der Waals surface area contributed by atoms with Crippen LogP contribution in [0.4, 0.5) is 0 Å². The van der Waals surface area contributed by atoms with Crippen molar-refractivity contribution < 1.29 is 9.53 Å². The molecule has 2 aromatic carbocycles. The predicted molar refractivity (Wildman–Crippen MR) is 98.1 cm³/mol. The number of ether oxygens (including phenoxy) is 1. The number of hydrogen-bond donors (Lipinski definition) is 0. The second-order valence-electron chi connectivity index (χ2n) is 8.48. The Labute approximate surface area is 149 Å². The molecule has 2 heteroatoms. The van der Waals surface area contributed by atoms with Gasteiger partial charge in [0.15, 0.2) is 0 Å². The summed E-state index contributed by atoms with van der Waals surface area (Å²) in [5.41, 5.74) is 2.14. The number of benzene rings is 2. The van der Waals surface area contributed by atoms with Crippen molar-refractivity contribution in [3.8, 4) is 16.9 Å². The summed E-state index contributed by atoms with van der Waals surface area (Å²) in [6.45, 7) is 0. The van der Waals surface area contributed by atoms with Gasteiger partial charge >= 0.3 is 5.97 Å². The van der Waals surface area contributed by atoms with Crippen molar-refractivity contribution in [2.45, 2.75) is 38.5 Å². The lowest BCUT2D eigenvalue weighted by Crippen LogP contribution is -2.51. The molecule has 0 atom stereocenters. The standard InChI is InChI=1S/C23H24O2/c24-22(23-13-16-10-17(14-23)12-18(11-16)15-23)25-21-8-6-20(7-9-21)19-4-2-1-3-5-19/h1-9,16-18H,10-15H2. The zero-order chi connectivity index (χ0) is 16.9. The Morgan fingerprint density at radius 1 is 0.760 bits per heavy atom. The first kappa shape index (κ1) is 15.2. The van der Waals surface area contributed by atoms with Crippen LogP contribution in [-0.2, 0) is 4.79 Å². The largest absolute Gasteiger partial charge is 0.426 e. The van der Waals surface area contributed by atoms with Crippen LogP contribution in [0.1, 0.15) is 38.5 Å². The van der Waals surface area contributed by atoms with Crippen molar-refractivity contribution in [2.75, 3.05) is 0 Å². The van der Waals surface area contributed by atoms with Crippen LogP contribution in [0.3, 0.4) is 0 Å². The Morgan fingerprint density at radius 3 is 1.84 bits per heavy atom. The van der Waals surface area contributed by atoms with Gasteiger partial charge in [0.05, 0.1) is 5.41 Å². The SMILES string of the molecule is O=C(Oc1ccc(-c2ccccc2)cc1)C12CC3CC(CC(C3)C1)C2. The number of hydrogen-bond acceptors (Lipinski definition) is 2. The lowest BCUT2D eigenvalue weighted by atomic mass is 9.49. The summed E-state index contributed by atoms with van der Waals surface area (Å²) in [5, 5.41) is 0. The van der Waals surface area contributed by atoms with E-state index < -0.39 is 0 Å². The molecule has 0 amide bonds. The average molecular weight is 332 g/mol. The molecule has 25 heavy (non-hydrogen) atoms. The third-order valence-corrected chi connectivity index (χ3v) is 6.64. The Hall–Kier alpha value is -2.09. The van der Waals surface area contributed by atoms with Crippen molar-refractivity contribution in [1.29, 1.82) is 0 Å². The molecule has 0 radical (unpaired) electrons. The molecule has 4 saturated carbocycles. The zero-order valence-corrected chi connectivity index (χ0v) is 14.5. The van der Waals surface area contributed by atoms with Gasteiger partial charge in [0, 0.05) is 0 Å². The predicted octanol–water partition coefficient (Wildman–Crippen LogP) is 5.48. The molecule has 6 rings (SSSR count). The molecule has 0 saturated heterocycles. The lowest BCUT2D eigenvalue weighted by molar-refractivity contribution is -0.161. The third-order valence-electron chi connectivity index (χ3n) is 6.64. The van der Waals surface area contributed by atoms with E-state index in [1.54, 1.807) is 0 Å². The first-order chi connectivity index (χ1) is 12.2. The van der Waals surface area contributed by atoms with Gasteiger partial charge in [0.25, 0.3) is 0 Å². The van der Waals surface area contributed by atoms with E-state index in [9.17, 15) is 4.79 Å². The first-order valence-electron chi connectivity index (χ1n) is 9.58. The van der Waals surface area contributed by atoms with Gasteiger partial charge in [0.2, 0.25) is 0 Å². The summed E-state index contributed by atoms with van der Waals surface area (Å²) in [6.07, 6.45) is 7.20. The fraction of sp³-hybridized carbons (Fsp3) is 0.435. The highest BCUT2D eigenvalue weighted by Gasteiger charge is 2.55. The van der Waals surface area contributed by atoms with Crippen molar-refractivity contribution in [3.63, 3.8) is 0 Å². The van der Waals surface area contributed by atoms with E-state index in [0.717, 1.165) is 42.6 Å². The van der Waals surface area contributed by atoms with E-state index in [2.05, 4.69) is 12.1 Å². The van der Waals surface area contributed by atoms with Gasteiger partial charge in [-0.1, -0.05) is 42.5 Å². The highest BCUT2D eigenvalue weighted by Crippen LogP contribution is 2.60. The molecule has 2 aromatic rings. The maximum Gasteiger partial charge on any atom is 0.317 e. The van der Waals surface area contributed by atoms with Crippen LogP contribution in [-0.4, -0.2) is 5.97 Å². The molecule has 2 nitrogen and oxygen atoms in total. The molecule has 0 spiro atoms. The van der Waals surface area contributed by atoms with E-state index in [1.807, 2.05) is 42.5 Å². The molecule has 0 aliphatic heterocycles. The molecular weight excluding hydrogens is 308 g/mol. The minimum atomic E-state index is -0.188. The van der Waals surface area contributed by atoms with Crippen molar-refractivity contribution in [2.24, 2.45) is 23.2 Å². The van der Waals surface area contributed by atoms with Gasteiger partial charge < -0.3 is 4.74 Å². The van der Waals surface area contributed by atoms with Crippen LogP contribution >= 0.6 is 0 Å². The summed E-state index contributed by atoms with van der Waals surface area (Å²) in [4.78, 5) is 13.0. The van der Waals surface area contributed by atoms with E-state index in [1.165, 1.54) is 24.8 Å². The molecule has 4 aliphatic rings. The van der Waals surface area contributed by atoms with E-state index in [4.69, 9.17) is 4.74 Å². The van der Waals surface area contributed by atoms with Crippen LogP contribution < -0.4 is 4.74 Å². The molecule has 0 aromatic heterocycles. The van der Waals surface area contributed by atoms with Crippen molar-refractivity contribution in [1.82, 2.24) is 0 Å². The fourth-order valence-corrected chi connectivity index (χ4v) is 5.92. The van der Waals surface area contributed by atoms with Gasteiger partial charge in [-0.05, 0) is 79.5 Å². The topological polar surface area (TPSA) is 26.3 Å². The number of esters is 1. The van der Waals surface area contributed by atoms with Gasteiger partial charge in [-0.2, -0.15) is 0 Å². The molecule has 4 fully saturated rings. The quantitative estimate of drug-likeness (QED) is 0.550. The Kier molecular flexibility index (Phi) is 3.48.